The largest absolute Gasteiger partial charge is 0.481 e. The first-order valence-corrected chi connectivity index (χ1v) is 7.15. The molecule has 1 fully saturated rings. The van der Waals surface area contributed by atoms with Gasteiger partial charge in [0.05, 0.1) is 24.5 Å². The average Bonchev–Trinajstić information content (AvgIpc) is 3.26. The highest BCUT2D eigenvalue weighted by Crippen LogP contribution is 2.48. The number of anilines is 1. The number of rotatable bonds is 2. The smallest absolute Gasteiger partial charge is 0.224 e. The van der Waals surface area contributed by atoms with Crippen molar-refractivity contribution in [3.63, 3.8) is 0 Å². The van der Waals surface area contributed by atoms with E-state index >= 15 is 0 Å². The summed E-state index contributed by atoms with van der Waals surface area (Å²) in [7, 11) is 1.59. The number of hydrogen-bond acceptors (Lipinski definition) is 4. The van der Waals surface area contributed by atoms with Crippen molar-refractivity contribution in [3.8, 4) is 5.88 Å². The van der Waals surface area contributed by atoms with Gasteiger partial charge in [-0.2, -0.15) is 0 Å². The van der Waals surface area contributed by atoms with E-state index in [4.69, 9.17) is 10.5 Å². The first kappa shape index (κ1) is 13.4. The van der Waals surface area contributed by atoms with Gasteiger partial charge in [0.15, 0.2) is 0 Å². The second kappa shape index (κ2) is 4.74. The molecule has 1 aliphatic heterocycles. The lowest BCUT2D eigenvalue weighted by Crippen LogP contribution is -2.51. The van der Waals surface area contributed by atoms with Crippen molar-refractivity contribution in [1.82, 2.24) is 4.98 Å². The molecule has 3 atom stereocenters. The lowest BCUT2D eigenvalue weighted by Gasteiger charge is -2.43. The number of amides is 1. The molecule has 2 aliphatic rings. The lowest BCUT2D eigenvalue weighted by molar-refractivity contribution is -0.117. The van der Waals surface area contributed by atoms with Gasteiger partial charge in [-0.15, -0.1) is 0 Å². The van der Waals surface area contributed by atoms with Gasteiger partial charge < -0.3 is 15.4 Å². The average molecular weight is 275 g/mol. The standard InChI is InChI=1S/C15H21N3O2/c1-8-13(16)14-11(6-7-12(17-14)20-3)18(9(2)19)15(8)10-4-5-10/h6-8,10,13,15H,4-5,16H2,1-3H3/t8-,13-,15-/m1/s1. The van der Waals surface area contributed by atoms with Gasteiger partial charge in [-0.25, -0.2) is 4.98 Å². The lowest BCUT2D eigenvalue weighted by atomic mass is 9.83. The number of methoxy groups -OCH3 is 1. The van der Waals surface area contributed by atoms with Crippen molar-refractivity contribution < 1.29 is 9.53 Å². The topological polar surface area (TPSA) is 68.5 Å². The molecule has 1 aromatic heterocycles. The van der Waals surface area contributed by atoms with E-state index in [1.807, 2.05) is 11.0 Å². The highest BCUT2D eigenvalue weighted by atomic mass is 16.5. The van der Waals surface area contributed by atoms with E-state index in [1.54, 1.807) is 20.1 Å². The molecule has 1 aliphatic carbocycles. The molecule has 0 radical (unpaired) electrons. The van der Waals surface area contributed by atoms with E-state index in [9.17, 15) is 4.79 Å². The number of carbonyl (C=O) groups is 1. The van der Waals surface area contributed by atoms with Crippen LogP contribution in [-0.2, 0) is 4.79 Å². The van der Waals surface area contributed by atoms with Crippen LogP contribution in [-0.4, -0.2) is 24.0 Å². The summed E-state index contributed by atoms with van der Waals surface area (Å²) in [6.07, 6.45) is 2.37. The molecule has 0 saturated heterocycles. The number of nitrogens with two attached hydrogens (primary N) is 1. The molecule has 2 heterocycles. The highest BCUT2D eigenvalue weighted by molar-refractivity contribution is 5.93. The van der Waals surface area contributed by atoms with Crippen LogP contribution in [0, 0.1) is 11.8 Å². The van der Waals surface area contributed by atoms with Crippen LogP contribution >= 0.6 is 0 Å². The van der Waals surface area contributed by atoms with Crippen molar-refractivity contribution in [2.75, 3.05) is 12.0 Å². The molecule has 2 N–H and O–H groups in total. The third-order valence-electron chi connectivity index (χ3n) is 4.51. The number of hydrogen-bond donors (Lipinski definition) is 1. The van der Waals surface area contributed by atoms with E-state index in [0.29, 0.717) is 11.8 Å². The molecule has 0 bridgehead atoms. The highest BCUT2D eigenvalue weighted by Gasteiger charge is 2.47. The second-order valence-corrected chi connectivity index (χ2v) is 5.86. The number of fused-ring (bicyclic) bond motifs is 1. The van der Waals surface area contributed by atoms with Crippen LogP contribution < -0.4 is 15.4 Å². The SMILES string of the molecule is COc1ccc2c(n1)[C@H](N)[C@@H](C)[C@H](C1CC1)N2C(C)=O. The molecule has 0 unspecified atom stereocenters. The quantitative estimate of drug-likeness (QED) is 0.894. The van der Waals surface area contributed by atoms with Crippen LogP contribution in [0.2, 0.25) is 0 Å². The summed E-state index contributed by atoms with van der Waals surface area (Å²) in [6, 6.07) is 3.75. The summed E-state index contributed by atoms with van der Waals surface area (Å²) in [5, 5.41) is 0. The molecule has 5 heteroatoms. The van der Waals surface area contributed by atoms with E-state index in [-0.39, 0.29) is 23.9 Å². The summed E-state index contributed by atoms with van der Waals surface area (Å²) in [5.41, 5.74) is 7.99. The van der Waals surface area contributed by atoms with Gasteiger partial charge in [0.2, 0.25) is 11.8 Å². The molecule has 20 heavy (non-hydrogen) atoms. The summed E-state index contributed by atoms with van der Waals surface area (Å²) >= 11 is 0. The third-order valence-corrected chi connectivity index (χ3v) is 4.51. The van der Waals surface area contributed by atoms with E-state index in [1.165, 1.54) is 12.8 Å². The first-order valence-electron chi connectivity index (χ1n) is 7.15. The minimum atomic E-state index is -0.152. The Bertz CT molecular complexity index is 542. The zero-order chi connectivity index (χ0) is 14.4. The fourth-order valence-electron chi connectivity index (χ4n) is 3.33. The van der Waals surface area contributed by atoms with Gasteiger partial charge in [0.25, 0.3) is 0 Å². The molecule has 108 valence electrons. The monoisotopic (exact) mass is 275 g/mol. The van der Waals surface area contributed by atoms with Crippen LogP contribution in [0.4, 0.5) is 5.69 Å². The summed E-state index contributed by atoms with van der Waals surface area (Å²) < 4.78 is 5.18. The summed E-state index contributed by atoms with van der Waals surface area (Å²) in [4.78, 5) is 18.5. The molecular weight excluding hydrogens is 254 g/mol. The predicted octanol–water partition coefficient (Wildman–Crippen LogP) is 1.87. The van der Waals surface area contributed by atoms with Crippen molar-refractivity contribution in [3.05, 3.63) is 17.8 Å². The first-order chi connectivity index (χ1) is 9.54. The Labute approximate surface area is 119 Å². The van der Waals surface area contributed by atoms with Crippen molar-refractivity contribution in [2.24, 2.45) is 17.6 Å². The maximum atomic E-state index is 12.1. The van der Waals surface area contributed by atoms with Gasteiger partial charge in [0, 0.05) is 19.0 Å². The van der Waals surface area contributed by atoms with Gasteiger partial charge in [-0.1, -0.05) is 6.92 Å². The van der Waals surface area contributed by atoms with Crippen molar-refractivity contribution >= 4 is 11.6 Å². The van der Waals surface area contributed by atoms with Crippen LogP contribution in [0.25, 0.3) is 0 Å². The zero-order valence-corrected chi connectivity index (χ0v) is 12.2. The van der Waals surface area contributed by atoms with Gasteiger partial charge in [0.1, 0.15) is 0 Å². The molecule has 5 nitrogen and oxygen atoms in total. The summed E-state index contributed by atoms with van der Waals surface area (Å²) in [5.74, 6) is 1.39. The van der Waals surface area contributed by atoms with Gasteiger partial charge in [-0.3, -0.25) is 4.79 Å². The number of carbonyl (C=O) groups excluding carboxylic acids is 1. The Morgan fingerprint density at radius 1 is 1.45 bits per heavy atom. The molecule has 1 amide bonds. The second-order valence-electron chi connectivity index (χ2n) is 5.86. The minimum Gasteiger partial charge on any atom is -0.481 e. The molecule has 3 rings (SSSR count). The van der Waals surface area contributed by atoms with Crippen molar-refractivity contribution in [2.45, 2.75) is 38.8 Å². The Morgan fingerprint density at radius 2 is 2.15 bits per heavy atom. The van der Waals surface area contributed by atoms with E-state index in [0.717, 1.165) is 11.4 Å². The van der Waals surface area contributed by atoms with Crippen molar-refractivity contribution in [1.29, 1.82) is 0 Å². The van der Waals surface area contributed by atoms with Crippen LogP contribution in [0.5, 0.6) is 5.88 Å². The van der Waals surface area contributed by atoms with Gasteiger partial charge >= 0.3 is 0 Å². The van der Waals surface area contributed by atoms with Gasteiger partial charge in [-0.05, 0) is 30.7 Å². The summed E-state index contributed by atoms with van der Waals surface area (Å²) in [6.45, 7) is 3.74. The maximum absolute atomic E-state index is 12.1. The number of nitrogens with zero attached hydrogens (tertiary/aromatic N) is 2. The third kappa shape index (κ3) is 1.97. The number of ether oxygens (including phenoxy) is 1. The Kier molecular flexibility index (Phi) is 3.17. The van der Waals surface area contributed by atoms with Crippen LogP contribution in [0.15, 0.2) is 12.1 Å². The Balaban J connectivity index is 2.11. The fourth-order valence-corrected chi connectivity index (χ4v) is 3.33. The number of pyridine rings is 1. The molecular formula is C15H21N3O2. The molecule has 1 aromatic rings. The van der Waals surface area contributed by atoms with Crippen LogP contribution in [0.3, 0.4) is 0 Å². The molecule has 0 spiro atoms. The minimum absolute atomic E-state index is 0.0638. The van der Waals surface area contributed by atoms with E-state index < -0.39 is 0 Å². The fraction of sp³-hybridized carbons (Fsp3) is 0.600. The Morgan fingerprint density at radius 3 is 2.70 bits per heavy atom. The number of aromatic nitrogens is 1. The normalized spacial score (nSPS) is 29.0. The maximum Gasteiger partial charge on any atom is 0.224 e. The van der Waals surface area contributed by atoms with E-state index in [2.05, 4.69) is 11.9 Å². The zero-order valence-electron chi connectivity index (χ0n) is 12.2. The molecule has 1 saturated carbocycles. The Hall–Kier alpha value is -1.62. The predicted molar refractivity (Wildman–Crippen MR) is 76.6 cm³/mol. The molecule has 0 aromatic carbocycles. The van der Waals surface area contributed by atoms with Crippen LogP contribution in [0.1, 0.15) is 38.4 Å².